The number of anilines is 1. The molecule has 0 spiro atoms. The summed E-state index contributed by atoms with van der Waals surface area (Å²) in [5.41, 5.74) is 0.969. The molecule has 0 saturated heterocycles. The Bertz CT molecular complexity index is 743. The zero-order chi connectivity index (χ0) is 18.9. The third kappa shape index (κ3) is 3.73. The smallest absolute Gasteiger partial charge is 0.328 e. The minimum absolute atomic E-state index is 0.146. The quantitative estimate of drug-likeness (QED) is 0.852. The summed E-state index contributed by atoms with van der Waals surface area (Å²) in [4.78, 5) is 37.0. The second-order valence-corrected chi connectivity index (χ2v) is 7.37. The number of benzene rings is 1. The molecule has 1 unspecified atom stereocenters. The topological polar surface area (TPSA) is 83.9 Å². The minimum atomic E-state index is -1.25. The van der Waals surface area contributed by atoms with E-state index in [0.717, 1.165) is 22.6 Å². The lowest BCUT2D eigenvalue weighted by molar-refractivity contribution is -0.133. The Hall–Kier alpha value is -2.63. The van der Waals surface area contributed by atoms with Crippen LogP contribution in [0.2, 0.25) is 0 Å². The third-order valence-corrected chi connectivity index (χ3v) is 3.95. The highest BCUT2D eigenvalue weighted by atomic mass is 16.5. The van der Waals surface area contributed by atoms with Crippen LogP contribution < -0.4 is 9.64 Å². The van der Waals surface area contributed by atoms with Gasteiger partial charge in [-0.15, -0.1) is 0 Å². The lowest BCUT2D eigenvalue weighted by atomic mass is 9.85. The first-order chi connectivity index (χ1) is 11.5. The number of hydrogen-bond donors (Lipinski definition) is 1. The maximum Gasteiger partial charge on any atom is 0.328 e. The molecule has 0 aromatic heterocycles. The minimum Gasteiger partial charge on any atom is -0.478 e. The lowest BCUT2D eigenvalue weighted by Gasteiger charge is -2.37. The SMILES string of the molecule is CC(C)C1Oc2c(cccc2C(C)(C)C)N(C(=O)/C=C/C(=O)O)C1=O. The van der Waals surface area contributed by atoms with Gasteiger partial charge in [0.25, 0.3) is 11.8 Å². The van der Waals surface area contributed by atoms with Gasteiger partial charge in [-0.1, -0.05) is 46.8 Å². The van der Waals surface area contributed by atoms with Gasteiger partial charge in [-0.25, -0.2) is 9.69 Å². The Kier molecular flexibility index (Phi) is 5.02. The highest BCUT2D eigenvalue weighted by Gasteiger charge is 2.41. The van der Waals surface area contributed by atoms with Crippen molar-refractivity contribution >= 4 is 23.5 Å². The van der Waals surface area contributed by atoms with Gasteiger partial charge in [-0.05, 0) is 17.4 Å². The summed E-state index contributed by atoms with van der Waals surface area (Å²) in [5, 5.41) is 8.75. The van der Waals surface area contributed by atoms with E-state index in [0.29, 0.717) is 11.4 Å². The standard InChI is InChI=1S/C19H23NO5/c1-11(2)16-18(24)20(14(21)9-10-15(22)23)13-8-6-7-12(17(13)25-16)19(3,4)5/h6-11,16H,1-5H3,(H,22,23)/b10-9+. The van der Waals surface area contributed by atoms with E-state index >= 15 is 0 Å². The molecular weight excluding hydrogens is 322 g/mol. The van der Waals surface area contributed by atoms with E-state index in [1.165, 1.54) is 0 Å². The van der Waals surface area contributed by atoms with E-state index in [4.69, 9.17) is 9.84 Å². The predicted octanol–water partition coefficient (Wildman–Crippen LogP) is 2.90. The summed E-state index contributed by atoms with van der Waals surface area (Å²) in [7, 11) is 0. The van der Waals surface area contributed by atoms with Crippen LogP contribution in [0.3, 0.4) is 0 Å². The molecule has 0 aliphatic carbocycles. The number of carbonyl (C=O) groups is 3. The molecule has 2 amide bonds. The molecular formula is C19H23NO5. The van der Waals surface area contributed by atoms with Crippen molar-refractivity contribution < 1.29 is 24.2 Å². The molecule has 6 heteroatoms. The first kappa shape index (κ1) is 18.7. The highest BCUT2D eigenvalue weighted by Crippen LogP contribution is 2.43. The summed E-state index contributed by atoms with van der Waals surface area (Å²) in [6, 6.07) is 5.29. The molecule has 0 radical (unpaired) electrons. The number of fused-ring (bicyclic) bond motifs is 1. The van der Waals surface area contributed by atoms with Crippen molar-refractivity contribution in [3.63, 3.8) is 0 Å². The number of imide groups is 1. The Morgan fingerprint density at radius 3 is 2.40 bits per heavy atom. The number of carboxylic acid groups (broad SMARTS) is 1. The van der Waals surface area contributed by atoms with Crippen LogP contribution in [0.25, 0.3) is 0 Å². The number of ether oxygens (including phenoxy) is 1. The maximum absolute atomic E-state index is 12.8. The van der Waals surface area contributed by atoms with Crippen molar-refractivity contribution in [2.24, 2.45) is 5.92 Å². The van der Waals surface area contributed by atoms with Crippen molar-refractivity contribution in [3.05, 3.63) is 35.9 Å². The van der Waals surface area contributed by atoms with Gasteiger partial charge in [0.15, 0.2) is 6.10 Å². The molecule has 0 saturated carbocycles. The molecule has 25 heavy (non-hydrogen) atoms. The van der Waals surface area contributed by atoms with Crippen molar-refractivity contribution in [2.45, 2.75) is 46.1 Å². The van der Waals surface area contributed by atoms with E-state index in [2.05, 4.69) is 0 Å². The van der Waals surface area contributed by atoms with E-state index < -0.39 is 23.9 Å². The average Bonchev–Trinajstić information content (AvgIpc) is 2.50. The largest absolute Gasteiger partial charge is 0.478 e. The molecule has 0 fully saturated rings. The van der Waals surface area contributed by atoms with Gasteiger partial charge in [0.2, 0.25) is 0 Å². The van der Waals surface area contributed by atoms with Gasteiger partial charge >= 0.3 is 5.97 Å². The van der Waals surface area contributed by atoms with Crippen molar-refractivity contribution in [3.8, 4) is 5.75 Å². The van der Waals surface area contributed by atoms with Gasteiger partial charge in [0.05, 0.1) is 5.69 Å². The summed E-state index contributed by atoms with van der Waals surface area (Å²) in [6.45, 7) is 9.72. The van der Waals surface area contributed by atoms with E-state index in [1.807, 2.05) is 40.7 Å². The van der Waals surface area contributed by atoms with Gasteiger partial charge in [-0.2, -0.15) is 0 Å². The molecule has 1 aromatic carbocycles. The summed E-state index contributed by atoms with van der Waals surface area (Å²) >= 11 is 0. The Labute approximate surface area is 147 Å². The van der Waals surface area contributed by atoms with Gasteiger partial charge in [0, 0.05) is 17.7 Å². The molecule has 1 N–H and O–H groups in total. The molecule has 1 aromatic rings. The van der Waals surface area contributed by atoms with Gasteiger partial charge in [0.1, 0.15) is 5.75 Å². The Morgan fingerprint density at radius 2 is 1.88 bits per heavy atom. The molecule has 0 bridgehead atoms. The summed E-state index contributed by atoms with van der Waals surface area (Å²) in [6.07, 6.45) is 0.803. The van der Waals surface area contributed by atoms with Crippen LogP contribution in [-0.2, 0) is 19.8 Å². The van der Waals surface area contributed by atoms with Crippen molar-refractivity contribution in [2.75, 3.05) is 4.90 Å². The lowest BCUT2D eigenvalue weighted by Crippen LogP contribution is -2.51. The van der Waals surface area contributed by atoms with Crippen LogP contribution in [-0.4, -0.2) is 29.0 Å². The number of aliphatic carboxylic acids is 1. The zero-order valence-corrected chi connectivity index (χ0v) is 15.1. The van der Waals surface area contributed by atoms with Crippen LogP contribution in [0.5, 0.6) is 5.75 Å². The number of nitrogens with zero attached hydrogens (tertiary/aromatic N) is 1. The molecule has 6 nitrogen and oxygen atoms in total. The maximum atomic E-state index is 12.8. The predicted molar refractivity (Wildman–Crippen MR) is 93.7 cm³/mol. The van der Waals surface area contributed by atoms with Gasteiger partial charge < -0.3 is 9.84 Å². The summed E-state index contributed by atoms with van der Waals surface area (Å²) in [5.74, 6) is -2.10. The number of carbonyl (C=O) groups excluding carboxylic acids is 2. The van der Waals surface area contributed by atoms with Crippen molar-refractivity contribution in [1.82, 2.24) is 0 Å². The molecule has 1 aliphatic rings. The Balaban J connectivity index is 2.63. The Morgan fingerprint density at radius 1 is 1.24 bits per heavy atom. The van der Waals surface area contributed by atoms with E-state index in [9.17, 15) is 14.4 Å². The average molecular weight is 345 g/mol. The van der Waals surface area contributed by atoms with E-state index in [1.54, 1.807) is 12.1 Å². The second-order valence-electron chi connectivity index (χ2n) is 7.37. The summed E-state index contributed by atoms with van der Waals surface area (Å²) < 4.78 is 5.99. The number of carboxylic acids is 1. The number of hydrogen-bond acceptors (Lipinski definition) is 4. The van der Waals surface area contributed by atoms with Crippen LogP contribution >= 0.6 is 0 Å². The fourth-order valence-corrected chi connectivity index (χ4v) is 2.70. The van der Waals surface area contributed by atoms with Crippen LogP contribution in [0.1, 0.15) is 40.2 Å². The number of rotatable bonds is 3. The highest BCUT2D eigenvalue weighted by molar-refractivity contribution is 6.22. The first-order valence-electron chi connectivity index (χ1n) is 8.13. The normalized spacial score (nSPS) is 17.6. The monoisotopic (exact) mass is 345 g/mol. The molecule has 1 heterocycles. The zero-order valence-electron chi connectivity index (χ0n) is 15.1. The van der Waals surface area contributed by atoms with Gasteiger partial charge in [-0.3, -0.25) is 9.59 Å². The molecule has 2 rings (SSSR count). The van der Waals surface area contributed by atoms with E-state index in [-0.39, 0.29) is 11.3 Å². The van der Waals surface area contributed by atoms with Crippen LogP contribution in [0, 0.1) is 5.92 Å². The molecule has 1 atom stereocenters. The second kappa shape index (κ2) is 6.70. The molecule has 1 aliphatic heterocycles. The van der Waals surface area contributed by atoms with Crippen LogP contribution in [0.15, 0.2) is 30.4 Å². The number of amides is 2. The number of para-hydroxylation sites is 1. The first-order valence-corrected chi connectivity index (χ1v) is 8.13. The van der Waals surface area contributed by atoms with Crippen molar-refractivity contribution in [1.29, 1.82) is 0 Å². The fourth-order valence-electron chi connectivity index (χ4n) is 2.70. The third-order valence-electron chi connectivity index (χ3n) is 3.95. The fraction of sp³-hybridized carbons (Fsp3) is 0.421. The van der Waals surface area contributed by atoms with Crippen LogP contribution in [0.4, 0.5) is 5.69 Å². The molecule has 134 valence electrons.